The van der Waals surface area contributed by atoms with Crippen molar-refractivity contribution in [1.82, 2.24) is 5.32 Å². The molecule has 100 valence electrons. The van der Waals surface area contributed by atoms with Crippen molar-refractivity contribution in [1.29, 1.82) is 0 Å². The van der Waals surface area contributed by atoms with E-state index in [0.29, 0.717) is 12.1 Å². The van der Waals surface area contributed by atoms with Crippen LogP contribution in [0.3, 0.4) is 0 Å². The number of hydrogen-bond donors (Lipinski definition) is 2. The molecular weight excluding hydrogens is 251 g/mol. The van der Waals surface area contributed by atoms with Crippen LogP contribution in [0.15, 0.2) is 18.2 Å². The number of nitrogens with two attached hydrogens (primary N) is 1. The average molecular weight is 270 g/mol. The van der Waals surface area contributed by atoms with Gasteiger partial charge in [-0.3, -0.25) is 4.79 Å². The minimum Gasteiger partial charge on any atom is -0.396 e. The van der Waals surface area contributed by atoms with Crippen LogP contribution in [0.4, 0.5) is 10.1 Å². The third-order valence-electron chi connectivity index (χ3n) is 2.57. The maximum atomic E-state index is 12.9. The number of halogens is 1. The van der Waals surface area contributed by atoms with Gasteiger partial charge in [0.2, 0.25) is 0 Å². The van der Waals surface area contributed by atoms with Gasteiger partial charge in [0.25, 0.3) is 5.91 Å². The zero-order chi connectivity index (χ0) is 13.4. The Morgan fingerprint density at radius 1 is 1.39 bits per heavy atom. The van der Waals surface area contributed by atoms with E-state index in [1.54, 1.807) is 0 Å². The van der Waals surface area contributed by atoms with E-state index in [0.717, 1.165) is 18.6 Å². The van der Waals surface area contributed by atoms with Crippen molar-refractivity contribution in [2.24, 2.45) is 0 Å². The van der Waals surface area contributed by atoms with Crippen LogP contribution >= 0.6 is 11.8 Å². The van der Waals surface area contributed by atoms with Crippen LogP contribution in [0.2, 0.25) is 0 Å². The molecule has 3 nitrogen and oxygen atoms in total. The Bertz CT molecular complexity index is 399. The fourth-order valence-electron chi connectivity index (χ4n) is 1.54. The van der Waals surface area contributed by atoms with Crippen molar-refractivity contribution in [2.45, 2.75) is 19.3 Å². The number of hydrogen-bond acceptors (Lipinski definition) is 3. The normalized spacial score (nSPS) is 10.3. The van der Waals surface area contributed by atoms with Crippen LogP contribution < -0.4 is 11.1 Å². The summed E-state index contributed by atoms with van der Waals surface area (Å²) in [5, 5.41) is 2.80. The number of carbonyl (C=O) groups excluding carboxylic acids is 1. The summed E-state index contributed by atoms with van der Waals surface area (Å²) >= 11 is 1.83. The lowest BCUT2D eigenvalue weighted by molar-refractivity contribution is 0.0953. The summed E-state index contributed by atoms with van der Waals surface area (Å²) < 4.78 is 12.9. The summed E-state index contributed by atoms with van der Waals surface area (Å²) in [6.45, 7) is 0.643. The second-order valence-corrected chi connectivity index (χ2v) is 5.03. The first-order chi connectivity index (χ1) is 8.65. The molecule has 0 aromatic heterocycles. The lowest BCUT2D eigenvalue weighted by Crippen LogP contribution is -2.24. The molecule has 0 saturated carbocycles. The number of carbonyl (C=O) groups is 1. The minimum atomic E-state index is -0.497. The molecule has 0 aliphatic carbocycles. The van der Waals surface area contributed by atoms with Gasteiger partial charge in [-0.15, -0.1) is 0 Å². The molecule has 0 bridgehead atoms. The third-order valence-corrected chi connectivity index (χ3v) is 3.27. The number of unbranched alkanes of at least 4 members (excludes halogenated alkanes) is 2. The largest absolute Gasteiger partial charge is 0.396 e. The van der Waals surface area contributed by atoms with Crippen LogP contribution in [-0.4, -0.2) is 24.5 Å². The second kappa shape index (κ2) is 7.97. The molecule has 0 aliphatic heterocycles. The Morgan fingerprint density at radius 2 is 2.17 bits per heavy atom. The molecule has 18 heavy (non-hydrogen) atoms. The highest BCUT2D eigenvalue weighted by Crippen LogP contribution is 2.12. The first-order valence-corrected chi connectivity index (χ1v) is 7.36. The van der Waals surface area contributed by atoms with Gasteiger partial charge in [-0.25, -0.2) is 4.39 Å². The monoisotopic (exact) mass is 270 g/mol. The smallest absolute Gasteiger partial charge is 0.251 e. The molecule has 0 heterocycles. The van der Waals surface area contributed by atoms with E-state index in [4.69, 9.17) is 5.73 Å². The molecule has 3 N–H and O–H groups in total. The van der Waals surface area contributed by atoms with E-state index in [1.165, 1.54) is 24.6 Å². The first kappa shape index (κ1) is 14.8. The molecule has 0 fully saturated rings. The number of thioether (sulfide) groups is 1. The number of nitrogen functional groups attached to an aromatic ring is 1. The van der Waals surface area contributed by atoms with E-state index < -0.39 is 5.82 Å². The fraction of sp³-hybridized carbons (Fsp3) is 0.462. The van der Waals surface area contributed by atoms with Crippen LogP contribution in [0.25, 0.3) is 0 Å². The highest BCUT2D eigenvalue weighted by atomic mass is 32.2. The van der Waals surface area contributed by atoms with Gasteiger partial charge in [0.15, 0.2) is 0 Å². The Labute approximate surface area is 111 Å². The molecule has 1 aromatic rings. The molecule has 0 aliphatic rings. The summed E-state index contributed by atoms with van der Waals surface area (Å²) in [5.74, 6) is 0.456. The van der Waals surface area contributed by atoms with Crippen LogP contribution in [0.5, 0.6) is 0 Å². The molecule has 0 atom stereocenters. The predicted octanol–water partition coefficient (Wildman–Crippen LogP) is 2.67. The van der Waals surface area contributed by atoms with Crippen LogP contribution in [-0.2, 0) is 0 Å². The fourth-order valence-corrected chi connectivity index (χ4v) is 2.03. The highest BCUT2D eigenvalue weighted by Gasteiger charge is 2.07. The summed E-state index contributed by atoms with van der Waals surface area (Å²) in [4.78, 5) is 11.7. The minimum absolute atomic E-state index is 0.00243. The van der Waals surface area contributed by atoms with E-state index in [9.17, 15) is 9.18 Å². The lowest BCUT2D eigenvalue weighted by atomic mass is 10.2. The molecule has 5 heteroatoms. The van der Waals surface area contributed by atoms with Crippen molar-refractivity contribution in [2.75, 3.05) is 24.3 Å². The second-order valence-electron chi connectivity index (χ2n) is 4.05. The average Bonchev–Trinajstić information content (AvgIpc) is 2.36. The van der Waals surface area contributed by atoms with Crippen molar-refractivity contribution < 1.29 is 9.18 Å². The van der Waals surface area contributed by atoms with Gasteiger partial charge in [0.1, 0.15) is 5.82 Å². The molecule has 0 saturated heterocycles. The van der Waals surface area contributed by atoms with Gasteiger partial charge < -0.3 is 11.1 Å². The summed E-state index contributed by atoms with van der Waals surface area (Å²) in [6.07, 6.45) is 5.32. The lowest BCUT2D eigenvalue weighted by Gasteiger charge is -2.06. The van der Waals surface area contributed by atoms with Crippen LogP contribution in [0.1, 0.15) is 29.6 Å². The Hall–Kier alpha value is -1.23. The first-order valence-electron chi connectivity index (χ1n) is 5.97. The Kier molecular flexibility index (Phi) is 6.57. The maximum absolute atomic E-state index is 12.9. The maximum Gasteiger partial charge on any atom is 0.251 e. The summed E-state index contributed by atoms with van der Waals surface area (Å²) in [5.41, 5.74) is 5.81. The van der Waals surface area contributed by atoms with Crippen molar-refractivity contribution in [3.8, 4) is 0 Å². The highest BCUT2D eigenvalue weighted by molar-refractivity contribution is 7.98. The quantitative estimate of drug-likeness (QED) is 0.591. The van der Waals surface area contributed by atoms with E-state index in [1.807, 2.05) is 11.8 Å². The zero-order valence-corrected chi connectivity index (χ0v) is 11.4. The summed E-state index contributed by atoms with van der Waals surface area (Å²) in [7, 11) is 0. The Balaban J connectivity index is 2.30. The van der Waals surface area contributed by atoms with Gasteiger partial charge in [0.05, 0.1) is 5.69 Å². The molecular formula is C13H19FN2OS. The SMILES string of the molecule is CSCCCCCNC(=O)c1ccc(F)c(N)c1. The third kappa shape index (κ3) is 4.96. The topological polar surface area (TPSA) is 55.1 Å². The van der Waals surface area contributed by atoms with E-state index in [2.05, 4.69) is 11.6 Å². The Morgan fingerprint density at radius 3 is 2.83 bits per heavy atom. The molecule has 0 radical (unpaired) electrons. The van der Waals surface area contributed by atoms with Crippen molar-refractivity contribution in [3.63, 3.8) is 0 Å². The van der Waals surface area contributed by atoms with Gasteiger partial charge in [-0.1, -0.05) is 6.42 Å². The number of benzene rings is 1. The number of rotatable bonds is 7. The van der Waals surface area contributed by atoms with Gasteiger partial charge in [0, 0.05) is 12.1 Å². The zero-order valence-electron chi connectivity index (χ0n) is 10.5. The van der Waals surface area contributed by atoms with Crippen LogP contribution in [0, 0.1) is 5.82 Å². The summed E-state index contributed by atoms with van der Waals surface area (Å²) in [6, 6.07) is 4.01. The standard InChI is InChI=1S/C13H19FN2OS/c1-18-8-4-2-3-7-16-13(17)10-5-6-11(14)12(15)9-10/h5-6,9H,2-4,7-8,15H2,1H3,(H,16,17). The number of amides is 1. The van der Waals surface area contributed by atoms with Crippen molar-refractivity contribution >= 4 is 23.4 Å². The number of nitrogens with one attached hydrogen (secondary N) is 1. The van der Waals surface area contributed by atoms with Gasteiger partial charge in [-0.2, -0.15) is 11.8 Å². The molecule has 0 spiro atoms. The molecule has 1 aromatic carbocycles. The van der Waals surface area contributed by atoms with Gasteiger partial charge in [-0.05, 0) is 43.0 Å². The molecule has 1 amide bonds. The molecule has 1 rings (SSSR count). The van der Waals surface area contributed by atoms with E-state index in [-0.39, 0.29) is 11.6 Å². The van der Waals surface area contributed by atoms with E-state index >= 15 is 0 Å². The predicted molar refractivity (Wildman–Crippen MR) is 75.4 cm³/mol. The van der Waals surface area contributed by atoms with Crippen molar-refractivity contribution in [3.05, 3.63) is 29.6 Å². The van der Waals surface area contributed by atoms with Gasteiger partial charge >= 0.3 is 0 Å². The number of anilines is 1. The molecule has 0 unspecified atom stereocenters.